The summed E-state index contributed by atoms with van der Waals surface area (Å²) in [6, 6.07) is 5.25. The van der Waals surface area contributed by atoms with Gasteiger partial charge in [0.15, 0.2) is 0 Å². The summed E-state index contributed by atoms with van der Waals surface area (Å²) in [4.78, 5) is 0.328. The number of sulfonamides is 1. The van der Waals surface area contributed by atoms with E-state index in [1.165, 1.54) is 0 Å². The van der Waals surface area contributed by atoms with Gasteiger partial charge in [0.2, 0.25) is 10.0 Å². The van der Waals surface area contributed by atoms with Gasteiger partial charge in [-0.1, -0.05) is 22.0 Å². The average Bonchev–Trinajstić information content (AvgIpc) is 2.30. The van der Waals surface area contributed by atoms with Gasteiger partial charge in [-0.2, -0.15) is 11.8 Å². The van der Waals surface area contributed by atoms with Gasteiger partial charge in [0, 0.05) is 15.8 Å². The highest BCUT2D eigenvalue weighted by molar-refractivity contribution is 9.10. The molecule has 0 spiro atoms. The number of rotatable bonds is 5. The van der Waals surface area contributed by atoms with Crippen LogP contribution in [0.4, 0.5) is 0 Å². The van der Waals surface area contributed by atoms with Crippen LogP contribution in [0.15, 0.2) is 27.6 Å². The maximum atomic E-state index is 12.2. The van der Waals surface area contributed by atoms with E-state index in [-0.39, 0.29) is 4.75 Å². The van der Waals surface area contributed by atoms with E-state index in [0.29, 0.717) is 11.4 Å². The highest BCUT2D eigenvalue weighted by Crippen LogP contribution is 2.23. The molecule has 0 aliphatic heterocycles. The fourth-order valence-corrected chi connectivity index (χ4v) is 3.58. The topological polar surface area (TPSA) is 46.2 Å². The zero-order chi connectivity index (χ0) is 14.0. The molecule has 0 aliphatic carbocycles. The van der Waals surface area contributed by atoms with Crippen LogP contribution in [0.25, 0.3) is 0 Å². The van der Waals surface area contributed by atoms with Crippen LogP contribution in [0, 0.1) is 6.92 Å². The first-order valence-electron chi connectivity index (χ1n) is 5.49. The van der Waals surface area contributed by atoms with Crippen LogP contribution in [-0.4, -0.2) is 26.0 Å². The molecule has 0 radical (unpaired) electrons. The van der Waals surface area contributed by atoms with Crippen molar-refractivity contribution >= 4 is 37.7 Å². The SMILES string of the molecule is CSC(C)(C)CNS(=O)(=O)c1cc(Br)ccc1C. The Morgan fingerprint density at radius 1 is 1.39 bits per heavy atom. The van der Waals surface area contributed by atoms with Gasteiger partial charge >= 0.3 is 0 Å². The lowest BCUT2D eigenvalue weighted by molar-refractivity contribution is 0.570. The molecule has 6 heteroatoms. The Hall–Kier alpha value is -0.0400. The van der Waals surface area contributed by atoms with Crippen LogP contribution in [0.1, 0.15) is 19.4 Å². The number of thioether (sulfide) groups is 1. The lowest BCUT2D eigenvalue weighted by atomic mass is 10.2. The minimum Gasteiger partial charge on any atom is -0.210 e. The number of hydrogen-bond donors (Lipinski definition) is 1. The first-order valence-corrected chi connectivity index (χ1v) is 8.99. The van der Waals surface area contributed by atoms with Crippen molar-refractivity contribution in [2.75, 3.05) is 12.8 Å². The maximum Gasteiger partial charge on any atom is 0.240 e. The Kier molecular flexibility index (Phi) is 5.29. The predicted molar refractivity (Wildman–Crippen MR) is 81.7 cm³/mol. The molecule has 0 atom stereocenters. The molecule has 1 aromatic rings. The standard InChI is InChI=1S/C12H18BrNO2S2/c1-9-5-6-10(13)7-11(9)18(15,16)14-8-12(2,3)17-4/h5-7,14H,8H2,1-4H3. The average molecular weight is 352 g/mol. The summed E-state index contributed by atoms with van der Waals surface area (Å²) in [5, 5.41) is 0. The Bertz CT molecular complexity index is 527. The molecule has 102 valence electrons. The van der Waals surface area contributed by atoms with Crippen molar-refractivity contribution in [1.82, 2.24) is 4.72 Å². The van der Waals surface area contributed by atoms with Crippen molar-refractivity contribution in [3.63, 3.8) is 0 Å². The summed E-state index contributed by atoms with van der Waals surface area (Å²) < 4.78 is 27.8. The fourth-order valence-electron chi connectivity index (χ4n) is 1.28. The van der Waals surface area contributed by atoms with E-state index in [1.54, 1.807) is 30.8 Å². The van der Waals surface area contributed by atoms with Crippen LogP contribution < -0.4 is 4.72 Å². The molecule has 1 N–H and O–H groups in total. The maximum absolute atomic E-state index is 12.2. The van der Waals surface area contributed by atoms with Crippen LogP contribution in [-0.2, 0) is 10.0 Å². The molecule has 0 saturated carbocycles. The highest BCUT2D eigenvalue weighted by Gasteiger charge is 2.22. The van der Waals surface area contributed by atoms with Crippen LogP contribution in [0.2, 0.25) is 0 Å². The number of hydrogen-bond acceptors (Lipinski definition) is 3. The van der Waals surface area contributed by atoms with E-state index in [9.17, 15) is 8.42 Å². The van der Waals surface area contributed by atoms with E-state index in [2.05, 4.69) is 20.7 Å². The molecular weight excluding hydrogens is 334 g/mol. The molecule has 0 unspecified atom stereocenters. The van der Waals surface area contributed by atoms with E-state index in [4.69, 9.17) is 0 Å². The molecular formula is C12H18BrNO2S2. The first-order chi connectivity index (χ1) is 8.18. The van der Waals surface area contributed by atoms with Crippen molar-refractivity contribution in [3.8, 4) is 0 Å². The third-order valence-electron chi connectivity index (χ3n) is 2.68. The normalized spacial score (nSPS) is 12.7. The van der Waals surface area contributed by atoms with E-state index in [0.717, 1.165) is 10.0 Å². The van der Waals surface area contributed by atoms with Crippen molar-refractivity contribution in [2.45, 2.75) is 30.4 Å². The second-order valence-corrected chi connectivity index (χ2v) is 8.86. The van der Waals surface area contributed by atoms with Crippen LogP contribution in [0.5, 0.6) is 0 Å². The van der Waals surface area contributed by atoms with Gasteiger partial charge < -0.3 is 0 Å². The largest absolute Gasteiger partial charge is 0.240 e. The summed E-state index contributed by atoms with van der Waals surface area (Å²) in [6.45, 7) is 6.21. The fraction of sp³-hybridized carbons (Fsp3) is 0.500. The van der Waals surface area contributed by atoms with Gasteiger partial charge in [-0.25, -0.2) is 13.1 Å². The predicted octanol–water partition coefficient (Wildman–Crippen LogP) is 3.18. The molecule has 0 aromatic heterocycles. The zero-order valence-electron chi connectivity index (χ0n) is 11.0. The van der Waals surface area contributed by atoms with Gasteiger partial charge in [0.1, 0.15) is 0 Å². The summed E-state index contributed by atoms with van der Waals surface area (Å²) in [7, 11) is -3.45. The molecule has 0 bridgehead atoms. The van der Waals surface area contributed by atoms with Gasteiger partial charge in [0.25, 0.3) is 0 Å². The molecule has 1 aromatic carbocycles. The monoisotopic (exact) mass is 351 g/mol. The number of benzene rings is 1. The molecule has 0 aliphatic rings. The minimum atomic E-state index is -3.45. The second-order valence-electron chi connectivity index (χ2n) is 4.70. The second kappa shape index (κ2) is 5.94. The van der Waals surface area contributed by atoms with Crippen LogP contribution in [0.3, 0.4) is 0 Å². The van der Waals surface area contributed by atoms with Crippen molar-refractivity contribution in [1.29, 1.82) is 0 Å². The van der Waals surface area contributed by atoms with Gasteiger partial charge in [-0.3, -0.25) is 0 Å². The summed E-state index contributed by atoms with van der Waals surface area (Å²) in [6.07, 6.45) is 1.97. The number of aryl methyl sites for hydroxylation is 1. The molecule has 0 saturated heterocycles. The minimum absolute atomic E-state index is 0.118. The summed E-state index contributed by atoms with van der Waals surface area (Å²) in [5.74, 6) is 0. The third kappa shape index (κ3) is 4.26. The van der Waals surface area contributed by atoms with Gasteiger partial charge in [-0.15, -0.1) is 0 Å². The summed E-state index contributed by atoms with van der Waals surface area (Å²) in [5.41, 5.74) is 0.743. The third-order valence-corrected chi connectivity index (χ3v) is 5.97. The lowest BCUT2D eigenvalue weighted by Crippen LogP contribution is -2.36. The Balaban J connectivity index is 2.97. The van der Waals surface area contributed by atoms with E-state index < -0.39 is 10.0 Å². The smallest absolute Gasteiger partial charge is 0.210 e. The van der Waals surface area contributed by atoms with Gasteiger partial charge in [0.05, 0.1) is 4.90 Å². The van der Waals surface area contributed by atoms with Gasteiger partial charge in [-0.05, 0) is 44.7 Å². The molecule has 1 rings (SSSR count). The Morgan fingerprint density at radius 2 is 2.00 bits per heavy atom. The quantitative estimate of drug-likeness (QED) is 0.885. The lowest BCUT2D eigenvalue weighted by Gasteiger charge is -2.22. The zero-order valence-corrected chi connectivity index (χ0v) is 14.2. The molecule has 0 fully saturated rings. The highest BCUT2D eigenvalue weighted by atomic mass is 79.9. The van der Waals surface area contributed by atoms with E-state index >= 15 is 0 Å². The van der Waals surface area contributed by atoms with Crippen molar-refractivity contribution < 1.29 is 8.42 Å². The summed E-state index contributed by atoms with van der Waals surface area (Å²) >= 11 is 4.93. The molecule has 0 amide bonds. The number of nitrogens with one attached hydrogen (secondary N) is 1. The number of halogens is 1. The molecule has 18 heavy (non-hydrogen) atoms. The Labute approximate surface area is 122 Å². The first kappa shape index (κ1) is 16.0. The van der Waals surface area contributed by atoms with Crippen molar-refractivity contribution in [2.24, 2.45) is 0 Å². The van der Waals surface area contributed by atoms with E-state index in [1.807, 2.05) is 26.2 Å². The van der Waals surface area contributed by atoms with Crippen molar-refractivity contribution in [3.05, 3.63) is 28.2 Å². The Morgan fingerprint density at radius 3 is 2.56 bits per heavy atom. The molecule has 0 heterocycles. The van der Waals surface area contributed by atoms with Crippen LogP contribution >= 0.6 is 27.7 Å². The molecule has 3 nitrogen and oxygen atoms in total.